The van der Waals surface area contributed by atoms with Gasteiger partial charge in [-0.2, -0.15) is 0 Å². The van der Waals surface area contributed by atoms with Gasteiger partial charge in [-0.3, -0.25) is 4.79 Å². The van der Waals surface area contributed by atoms with E-state index in [0.29, 0.717) is 17.8 Å². The van der Waals surface area contributed by atoms with E-state index in [1.54, 1.807) is 6.92 Å². The molecule has 1 aliphatic heterocycles. The van der Waals surface area contributed by atoms with Gasteiger partial charge in [0.1, 0.15) is 17.4 Å². The van der Waals surface area contributed by atoms with Crippen molar-refractivity contribution in [1.82, 2.24) is 4.98 Å². The normalized spacial score (nSPS) is 14.7. The second-order valence-electron chi connectivity index (χ2n) is 5.15. The second-order valence-corrected chi connectivity index (χ2v) is 8.81. The Morgan fingerprint density at radius 3 is 2.71 bits per heavy atom. The van der Waals surface area contributed by atoms with E-state index in [9.17, 15) is 4.79 Å². The zero-order valence-corrected chi connectivity index (χ0v) is 15.8. The fourth-order valence-electron chi connectivity index (χ4n) is 2.27. The highest BCUT2D eigenvalue weighted by Gasteiger charge is 2.18. The Morgan fingerprint density at radius 2 is 2.00 bits per heavy atom. The Kier molecular flexibility index (Phi) is 6.45. The van der Waals surface area contributed by atoms with Crippen LogP contribution in [0.2, 0.25) is 0 Å². The van der Waals surface area contributed by atoms with Gasteiger partial charge in [0.25, 0.3) is 0 Å². The highest BCUT2D eigenvalue weighted by molar-refractivity contribution is 8.19. The predicted octanol–water partition coefficient (Wildman–Crippen LogP) is 4.31. The smallest absolute Gasteiger partial charge is 0.311 e. The summed E-state index contributed by atoms with van der Waals surface area (Å²) in [7, 11) is 0. The maximum atomic E-state index is 11.4. The van der Waals surface area contributed by atoms with Crippen molar-refractivity contribution in [1.29, 1.82) is 0 Å². The van der Waals surface area contributed by atoms with Crippen molar-refractivity contribution >= 4 is 40.8 Å². The molecule has 0 radical (unpaired) electrons. The number of benzene rings is 1. The van der Waals surface area contributed by atoms with Gasteiger partial charge in [0.15, 0.2) is 0 Å². The van der Waals surface area contributed by atoms with E-state index in [1.807, 2.05) is 41.0 Å². The largest absolute Gasteiger partial charge is 0.486 e. The summed E-state index contributed by atoms with van der Waals surface area (Å²) in [6, 6.07) is 8.31. The van der Waals surface area contributed by atoms with Gasteiger partial charge in [0, 0.05) is 16.9 Å². The number of thiazole rings is 1. The van der Waals surface area contributed by atoms with Gasteiger partial charge in [-0.25, -0.2) is 4.98 Å². The zero-order valence-electron chi connectivity index (χ0n) is 13.4. The van der Waals surface area contributed by atoms with Crippen LogP contribution >= 0.6 is 34.9 Å². The number of thioether (sulfide) groups is 2. The number of aromatic nitrogens is 1. The number of carbonyl (C=O) groups is 1. The van der Waals surface area contributed by atoms with Crippen LogP contribution in [0.3, 0.4) is 0 Å². The van der Waals surface area contributed by atoms with Crippen LogP contribution in [-0.4, -0.2) is 29.1 Å². The highest BCUT2D eigenvalue weighted by atomic mass is 32.2. The predicted molar refractivity (Wildman–Crippen MR) is 101 cm³/mol. The third-order valence-corrected chi connectivity index (χ3v) is 7.34. The van der Waals surface area contributed by atoms with Crippen LogP contribution in [0.25, 0.3) is 0 Å². The van der Waals surface area contributed by atoms with Gasteiger partial charge < -0.3 is 9.47 Å². The second kappa shape index (κ2) is 8.78. The third-order valence-electron chi connectivity index (χ3n) is 3.37. The van der Waals surface area contributed by atoms with Gasteiger partial charge in [0.05, 0.1) is 23.3 Å². The van der Waals surface area contributed by atoms with Crippen LogP contribution in [-0.2, 0) is 22.6 Å². The average Bonchev–Trinajstić information content (AvgIpc) is 3.25. The molecule has 1 fully saturated rings. The monoisotopic (exact) mass is 381 g/mol. The van der Waals surface area contributed by atoms with Gasteiger partial charge in [0.2, 0.25) is 0 Å². The van der Waals surface area contributed by atoms with Gasteiger partial charge in [-0.1, -0.05) is 12.1 Å². The minimum atomic E-state index is -0.242. The topological polar surface area (TPSA) is 48.4 Å². The molecule has 128 valence electrons. The molecule has 1 aliphatic rings. The summed E-state index contributed by atoms with van der Waals surface area (Å²) in [4.78, 5) is 15.9. The zero-order chi connectivity index (χ0) is 16.8. The fourth-order valence-corrected chi connectivity index (χ4v) is 5.84. The summed E-state index contributed by atoms with van der Waals surface area (Å²) in [6.07, 6.45) is 0.218. The van der Waals surface area contributed by atoms with E-state index >= 15 is 0 Å². The van der Waals surface area contributed by atoms with Crippen molar-refractivity contribution in [2.24, 2.45) is 0 Å². The minimum Gasteiger partial charge on any atom is -0.486 e. The molecule has 0 unspecified atom stereocenters. The number of hydrogen-bond acceptors (Lipinski definition) is 7. The molecule has 0 N–H and O–H groups in total. The molecular weight excluding hydrogens is 362 g/mol. The van der Waals surface area contributed by atoms with Crippen molar-refractivity contribution in [2.45, 2.75) is 24.5 Å². The van der Waals surface area contributed by atoms with E-state index in [0.717, 1.165) is 16.5 Å². The molecule has 0 bridgehead atoms. The van der Waals surface area contributed by atoms with Crippen molar-refractivity contribution in [3.63, 3.8) is 0 Å². The first-order valence-electron chi connectivity index (χ1n) is 7.79. The molecule has 7 heteroatoms. The molecule has 3 rings (SSSR count). The molecular formula is C17H19NO3S3. The highest BCUT2D eigenvalue weighted by Crippen LogP contribution is 2.45. The number of esters is 1. The first-order chi connectivity index (χ1) is 11.7. The molecule has 24 heavy (non-hydrogen) atoms. The molecule has 1 aromatic carbocycles. The number of ether oxygens (including phenoxy) is 2. The lowest BCUT2D eigenvalue weighted by molar-refractivity contribution is -0.142. The number of carbonyl (C=O) groups excluding carboxylic acids is 1. The number of nitrogens with zero attached hydrogens (tertiary/aromatic N) is 1. The van der Waals surface area contributed by atoms with Crippen LogP contribution in [0, 0.1) is 0 Å². The molecule has 1 saturated heterocycles. The minimum absolute atomic E-state index is 0.218. The first kappa shape index (κ1) is 17.6. The maximum Gasteiger partial charge on any atom is 0.311 e. The summed E-state index contributed by atoms with van der Waals surface area (Å²) in [5.74, 6) is 3.06. The van der Waals surface area contributed by atoms with Crippen LogP contribution in [0.1, 0.15) is 27.8 Å². The maximum absolute atomic E-state index is 11.4. The number of rotatable bonds is 7. The van der Waals surface area contributed by atoms with E-state index in [2.05, 4.69) is 17.1 Å². The van der Waals surface area contributed by atoms with Crippen molar-refractivity contribution in [3.05, 3.63) is 45.9 Å². The SMILES string of the molecule is CCOC(=O)Cc1csc(COc2ccc(C3SCCS3)cc2)n1. The Hall–Kier alpha value is -1.18. The molecule has 0 amide bonds. The summed E-state index contributed by atoms with van der Waals surface area (Å²) in [5, 5.41) is 2.74. The van der Waals surface area contributed by atoms with E-state index < -0.39 is 0 Å². The lowest BCUT2D eigenvalue weighted by Crippen LogP contribution is -2.07. The Bertz CT molecular complexity index is 666. The quantitative estimate of drug-likeness (QED) is 0.666. The van der Waals surface area contributed by atoms with Crippen LogP contribution in [0.4, 0.5) is 0 Å². The average molecular weight is 382 g/mol. The van der Waals surface area contributed by atoms with Crippen molar-refractivity contribution in [2.75, 3.05) is 18.1 Å². The van der Waals surface area contributed by atoms with Gasteiger partial charge in [-0.05, 0) is 24.6 Å². The van der Waals surface area contributed by atoms with E-state index in [4.69, 9.17) is 9.47 Å². The summed E-state index contributed by atoms with van der Waals surface area (Å²) in [5.41, 5.74) is 2.09. The van der Waals surface area contributed by atoms with Crippen molar-refractivity contribution < 1.29 is 14.3 Å². The molecule has 0 saturated carbocycles. The van der Waals surface area contributed by atoms with Gasteiger partial charge in [-0.15, -0.1) is 34.9 Å². The Morgan fingerprint density at radius 1 is 1.25 bits per heavy atom. The van der Waals surface area contributed by atoms with E-state index in [-0.39, 0.29) is 12.4 Å². The van der Waals surface area contributed by atoms with Crippen LogP contribution < -0.4 is 4.74 Å². The van der Waals surface area contributed by atoms with Crippen LogP contribution in [0.15, 0.2) is 29.6 Å². The molecule has 0 spiro atoms. The molecule has 0 aliphatic carbocycles. The Labute approximate surface area is 154 Å². The summed E-state index contributed by atoms with van der Waals surface area (Å²) in [6.45, 7) is 2.61. The fraction of sp³-hybridized carbons (Fsp3) is 0.412. The van der Waals surface area contributed by atoms with E-state index in [1.165, 1.54) is 28.4 Å². The lowest BCUT2D eigenvalue weighted by atomic mass is 10.2. The lowest BCUT2D eigenvalue weighted by Gasteiger charge is -2.09. The molecule has 2 aromatic rings. The van der Waals surface area contributed by atoms with Gasteiger partial charge >= 0.3 is 5.97 Å². The first-order valence-corrected chi connectivity index (χ1v) is 10.8. The standard InChI is InChI=1S/C17H19NO3S3/c1-2-20-16(19)9-13-11-24-15(18-13)10-21-14-5-3-12(4-6-14)17-22-7-8-23-17/h3-6,11,17H,2,7-10H2,1H3. The summed E-state index contributed by atoms with van der Waals surface area (Å²) >= 11 is 5.50. The number of hydrogen-bond donors (Lipinski definition) is 0. The molecule has 1 aromatic heterocycles. The Balaban J connectivity index is 1.50. The molecule has 0 atom stereocenters. The van der Waals surface area contributed by atoms with Crippen molar-refractivity contribution in [3.8, 4) is 5.75 Å². The van der Waals surface area contributed by atoms with Crippen LogP contribution in [0.5, 0.6) is 5.75 Å². The summed E-state index contributed by atoms with van der Waals surface area (Å²) < 4.78 is 11.3. The molecule has 2 heterocycles. The third kappa shape index (κ3) is 4.91. The molecule has 4 nitrogen and oxygen atoms in total.